The predicted molar refractivity (Wildman–Crippen MR) is 113 cm³/mol. The number of guanidine groups is 1. The van der Waals surface area contributed by atoms with Gasteiger partial charge in [-0.05, 0) is 18.9 Å². The molecule has 28 heavy (non-hydrogen) atoms. The van der Waals surface area contributed by atoms with Crippen LogP contribution in [0.15, 0.2) is 23.3 Å². The van der Waals surface area contributed by atoms with Gasteiger partial charge in [-0.1, -0.05) is 31.7 Å². The SMILES string of the molecule is CN=C(NCCOC1CCCCCC1)NCc1cccnc1N1CCOCC1. The van der Waals surface area contributed by atoms with Crippen LogP contribution in [0.3, 0.4) is 0 Å². The normalized spacial score (nSPS) is 19.3. The number of nitrogens with zero attached hydrogens (tertiary/aromatic N) is 3. The summed E-state index contributed by atoms with van der Waals surface area (Å²) in [6.07, 6.45) is 10.0. The highest BCUT2D eigenvalue weighted by molar-refractivity contribution is 5.79. The molecule has 1 saturated carbocycles. The van der Waals surface area contributed by atoms with Crippen molar-refractivity contribution < 1.29 is 9.47 Å². The van der Waals surface area contributed by atoms with Crippen molar-refractivity contribution >= 4 is 11.8 Å². The van der Waals surface area contributed by atoms with Crippen molar-refractivity contribution in [2.24, 2.45) is 4.99 Å². The van der Waals surface area contributed by atoms with E-state index in [2.05, 4.69) is 31.6 Å². The van der Waals surface area contributed by atoms with Crippen molar-refractivity contribution in [3.05, 3.63) is 23.9 Å². The first-order valence-electron chi connectivity index (χ1n) is 10.7. The number of ether oxygens (including phenoxy) is 2. The molecule has 0 unspecified atom stereocenters. The zero-order valence-electron chi connectivity index (χ0n) is 17.2. The minimum Gasteiger partial charge on any atom is -0.378 e. The summed E-state index contributed by atoms with van der Waals surface area (Å²) in [6.45, 7) is 5.45. The summed E-state index contributed by atoms with van der Waals surface area (Å²) in [7, 11) is 1.80. The first kappa shape index (κ1) is 20.9. The molecule has 0 atom stereocenters. The molecule has 7 heteroatoms. The van der Waals surface area contributed by atoms with Gasteiger partial charge in [0.25, 0.3) is 0 Å². The van der Waals surface area contributed by atoms with E-state index in [4.69, 9.17) is 9.47 Å². The molecular weight excluding hydrogens is 354 g/mol. The molecule has 2 N–H and O–H groups in total. The van der Waals surface area contributed by atoms with Crippen molar-refractivity contribution in [2.45, 2.75) is 51.2 Å². The molecule has 1 aliphatic carbocycles. The Morgan fingerprint density at radius 2 is 2.00 bits per heavy atom. The second-order valence-electron chi connectivity index (χ2n) is 7.42. The number of pyridine rings is 1. The van der Waals surface area contributed by atoms with E-state index in [-0.39, 0.29) is 0 Å². The molecule has 2 aliphatic rings. The first-order chi connectivity index (χ1) is 13.9. The third-order valence-corrected chi connectivity index (χ3v) is 5.40. The topological polar surface area (TPSA) is 71.0 Å². The highest BCUT2D eigenvalue weighted by Gasteiger charge is 2.16. The summed E-state index contributed by atoms with van der Waals surface area (Å²) < 4.78 is 11.5. The van der Waals surface area contributed by atoms with E-state index in [1.54, 1.807) is 7.05 Å². The Kier molecular flexibility index (Phi) is 8.84. The molecule has 156 valence electrons. The fourth-order valence-corrected chi connectivity index (χ4v) is 3.83. The molecule has 2 heterocycles. The van der Waals surface area contributed by atoms with Gasteiger partial charge in [0.2, 0.25) is 0 Å². The maximum absolute atomic E-state index is 6.05. The first-order valence-corrected chi connectivity index (χ1v) is 10.7. The van der Waals surface area contributed by atoms with Gasteiger partial charge >= 0.3 is 0 Å². The molecule has 0 spiro atoms. The summed E-state index contributed by atoms with van der Waals surface area (Å²) in [4.78, 5) is 11.2. The maximum Gasteiger partial charge on any atom is 0.191 e. The molecular formula is C21H35N5O2. The van der Waals surface area contributed by atoms with Crippen molar-refractivity contribution in [2.75, 3.05) is 51.4 Å². The largest absolute Gasteiger partial charge is 0.378 e. The molecule has 0 amide bonds. The van der Waals surface area contributed by atoms with Crippen LogP contribution in [-0.4, -0.2) is 63.6 Å². The molecule has 1 aliphatic heterocycles. The molecule has 0 radical (unpaired) electrons. The smallest absolute Gasteiger partial charge is 0.191 e. The molecule has 1 aromatic heterocycles. The van der Waals surface area contributed by atoms with Gasteiger partial charge in [-0.25, -0.2) is 4.98 Å². The van der Waals surface area contributed by atoms with Crippen LogP contribution in [0, 0.1) is 0 Å². The van der Waals surface area contributed by atoms with E-state index < -0.39 is 0 Å². The minimum atomic E-state index is 0.436. The number of rotatable bonds is 7. The fourth-order valence-electron chi connectivity index (χ4n) is 3.83. The van der Waals surface area contributed by atoms with Gasteiger partial charge in [-0.15, -0.1) is 0 Å². The van der Waals surface area contributed by atoms with Crippen LogP contribution in [0.25, 0.3) is 0 Å². The Bertz CT molecular complexity index is 596. The summed E-state index contributed by atoms with van der Waals surface area (Å²) in [6, 6.07) is 4.10. The summed E-state index contributed by atoms with van der Waals surface area (Å²) >= 11 is 0. The number of aromatic nitrogens is 1. The Labute approximate surface area is 168 Å². The lowest BCUT2D eigenvalue weighted by molar-refractivity contribution is 0.0468. The third kappa shape index (κ3) is 6.63. The molecule has 1 saturated heterocycles. The number of aliphatic imine (C=N–C) groups is 1. The van der Waals surface area contributed by atoms with E-state index in [9.17, 15) is 0 Å². The van der Waals surface area contributed by atoms with Gasteiger partial charge < -0.3 is 25.0 Å². The number of hydrogen-bond donors (Lipinski definition) is 2. The van der Waals surface area contributed by atoms with Gasteiger partial charge in [-0.2, -0.15) is 0 Å². The molecule has 0 bridgehead atoms. The van der Waals surface area contributed by atoms with Crippen LogP contribution in [0.4, 0.5) is 5.82 Å². The van der Waals surface area contributed by atoms with Crippen molar-refractivity contribution in [3.63, 3.8) is 0 Å². The monoisotopic (exact) mass is 389 g/mol. The second-order valence-corrected chi connectivity index (χ2v) is 7.42. The van der Waals surface area contributed by atoms with Gasteiger partial charge in [-0.3, -0.25) is 4.99 Å². The van der Waals surface area contributed by atoms with Crippen LogP contribution in [-0.2, 0) is 16.0 Å². The number of nitrogens with one attached hydrogen (secondary N) is 2. The third-order valence-electron chi connectivity index (χ3n) is 5.40. The lowest BCUT2D eigenvalue weighted by atomic mass is 10.1. The van der Waals surface area contributed by atoms with E-state index in [1.807, 2.05) is 12.3 Å². The Hall–Kier alpha value is -1.86. The van der Waals surface area contributed by atoms with Gasteiger partial charge in [0.1, 0.15) is 5.82 Å². The Morgan fingerprint density at radius 3 is 2.75 bits per heavy atom. The van der Waals surface area contributed by atoms with Gasteiger partial charge in [0.15, 0.2) is 5.96 Å². The van der Waals surface area contributed by atoms with Crippen LogP contribution >= 0.6 is 0 Å². The lowest BCUT2D eigenvalue weighted by Crippen LogP contribution is -2.40. The second kappa shape index (κ2) is 11.9. The number of morpholine rings is 1. The average molecular weight is 390 g/mol. The van der Waals surface area contributed by atoms with Gasteiger partial charge in [0, 0.05) is 45.0 Å². The quantitative estimate of drug-likeness (QED) is 0.323. The van der Waals surface area contributed by atoms with E-state index in [0.717, 1.165) is 51.2 Å². The zero-order valence-corrected chi connectivity index (χ0v) is 17.2. The van der Waals surface area contributed by atoms with Crippen molar-refractivity contribution in [3.8, 4) is 0 Å². The maximum atomic E-state index is 6.05. The molecule has 1 aromatic rings. The summed E-state index contributed by atoms with van der Waals surface area (Å²) in [5, 5.41) is 6.75. The van der Waals surface area contributed by atoms with Crippen molar-refractivity contribution in [1.82, 2.24) is 15.6 Å². The molecule has 2 fully saturated rings. The standard InChI is InChI=1S/C21H35N5O2/c1-22-21(24-11-14-28-19-8-4-2-3-5-9-19)25-17-18-7-6-10-23-20(18)26-12-15-27-16-13-26/h6-7,10,19H,2-5,8-9,11-17H2,1H3,(H2,22,24,25). The van der Waals surface area contributed by atoms with Crippen molar-refractivity contribution in [1.29, 1.82) is 0 Å². The molecule has 3 rings (SSSR count). The van der Waals surface area contributed by atoms with Crippen LogP contribution < -0.4 is 15.5 Å². The van der Waals surface area contributed by atoms with E-state index in [1.165, 1.54) is 44.1 Å². The van der Waals surface area contributed by atoms with E-state index in [0.29, 0.717) is 12.6 Å². The van der Waals surface area contributed by atoms with Gasteiger partial charge in [0.05, 0.1) is 25.9 Å². The van der Waals surface area contributed by atoms with Crippen LogP contribution in [0.1, 0.15) is 44.1 Å². The Morgan fingerprint density at radius 1 is 1.21 bits per heavy atom. The number of anilines is 1. The predicted octanol–water partition coefficient (Wildman–Crippen LogP) is 2.32. The van der Waals surface area contributed by atoms with E-state index >= 15 is 0 Å². The zero-order chi connectivity index (χ0) is 19.4. The minimum absolute atomic E-state index is 0.436. The summed E-state index contributed by atoms with van der Waals surface area (Å²) in [5.74, 6) is 1.83. The lowest BCUT2D eigenvalue weighted by Gasteiger charge is -2.29. The van der Waals surface area contributed by atoms with Crippen LogP contribution in [0.5, 0.6) is 0 Å². The summed E-state index contributed by atoms with van der Waals surface area (Å²) in [5.41, 5.74) is 1.17. The number of hydrogen-bond acceptors (Lipinski definition) is 5. The average Bonchev–Trinajstić information content (AvgIpc) is 3.03. The Balaban J connectivity index is 1.41. The highest BCUT2D eigenvalue weighted by atomic mass is 16.5. The highest BCUT2D eigenvalue weighted by Crippen LogP contribution is 2.20. The fraction of sp³-hybridized carbons (Fsp3) is 0.714. The molecule has 7 nitrogen and oxygen atoms in total. The molecule has 0 aromatic carbocycles. The van der Waals surface area contributed by atoms with Crippen LogP contribution in [0.2, 0.25) is 0 Å².